The molecule has 0 amide bonds. The molecular weight excluding hydrogens is 344 g/mol. The second-order valence-corrected chi connectivity index (χ2v) is 6.02. The van der Waals surface area contributed by atoms with Crippen LogP contribution in [0.4, 0.5) is 8.78 Å². The normalized spacial score (nSPS) is 11.4. The number of benzene rings is 1. The van der Waals surface area contributed by atoms with E-state index in [0.29, 0.717) is 31.2 Å². The maximum Gasteiger partial charge on any atom is 0.387 e. The van der Waals surface area contributed by atoms with Crippen molar-refractivity contribution in [2.24, 2.45) is 5.92 Å². The number of nitrogens with one attached hydrogen (secondary N) is 1. The summed E-state index contributed by atoms with van der Waals surface area (Å²) >= 11 is 3.32. The molecule has 1 N–H and O–H groups in total. The van der Waals surface area contributed by atoms with Gasteiger partial charge < -0.3 is 14.8 Å². The standard InChI is InChI=1S/C15H22BrF2NO2/c1-11(2)5-7-20-8-6-19-10-12-9-13(16)3-4-14(12)21-15(17)18/h3-4,9,11,15,19H,5-8,10H2,1-2H3. The molecule has 0 bridgehead atoms. The van der Waals surface area contributed by atoms with Crippen molar-refractivity contribution in [3.8, 4) is 5.75 Å². The van der Waals surface area contributed by atoms with E-state index in [1.165, 1.54) is 6.07 Å². The van der Waals surface area contributed by atoms with E-state index in [4.69, 9.17) is 4.74 Å². The van der Waals surface area contributed by atoms with Crippen molar-refractivity contribution in [3.05, 3.63) is 28.2 Å². The van der Waals surface area contributed by atoms with Crippen molar-refractivity contribution >= 4 is 15.9 Å². The molecule has 0 aliphatic heterocycles. The monoisotopic (exact) mass is 365 g/mol. The third kappa shape index (κ3) is 8.34. The van der Waals surface area contributed by atoms with Crippen molar-refractivity contribution in [3.63, 3.8) is 0 Å². The average molecular weight is 366 g/mol. The summed E-state index contributed by atoms with van der Waals surface area (Å²) in [6.45, 7) is 3.96. The fraction of sp³-hybridized carbons (Fsp3) is 0.600. The Morgan fingerprint density at radius 2 is 2.00 bits per heavy atom. The number of alkyl halides is 2. The van der Waals surface area contributed by atoms with Crippen LogP contribution in [0.1, 0.15) is 25.8 Å². The lowest BCUT2D eigenvalue weighted by Crippen LogP contribution is -2.20. The van der Waals surface area contributed by atoms with E-state index in [0.717, 1.165) is 17.5 Å². The highest BCUT2D eigenvalue weighted by Gasteiger charge is 2.09. The predicted molar refractivity (Wildman–Crippen MR) is 82.8 cm³/mol. The molecule has 0 heterocycles. The van der Waals surface area contributed by atoms with Crippen molar-refractivity contribution in [1.29, 1.82) is 0 Å². The molecule has 0 saturated carbocycles. The Morgan fingerprint density at radius 1 is 1.24 bits per heavy atom. The number of rotatable bonds is 10. The second-order valence-electron chi connectivity index (χ2n) is 5.10. The Bertz CT molecular complexity index is 417. The van der Waals surface area contributed by atoms with Crippen molar-refractivity contribution in [2.45, 2.75) is 33.4 Å². The molecule has 0 aromatic heterocycles. The molecule has 3 nitrogen and oxygen atoms in total. The first-order chi connectivity index (χ1) is 9.99. The molecule has 1 aromatic rings. The first-order valence-corrected chi connectivity index (χ1v) is 7.80. The van der Waals surface area contributed by atoms with Crippen LogP contribution in [0.5, 0.6) is 5.75 Å². The Hall–Kier alpha value is -0.720. The minimum atomic E-state index is -2.82. The summed E-state index contributed by atoms with van der Waals surface area (Å²) in [5.41, 5.74) is 0.687. The Balaban J connectivity index is 2.32. The molecule has 0 atom stereocenters. The van der Waals surface area contributed by atoms with Gasteiger partial charge in [-0.2, -0.15) is 8.78 Å². The van der Waals surface area contributed by atoms with E-state index in [-0.39, 0.29) is 5.75 Å². The van der Waals surface area contributed by atoms with E-state index < -0.39 is 6.61 Å². The van der Waals surface area contributed by atoms with E-state index in [1.807, 2.05) is 0 Å². The maximum absolute atomic E-state index is 12.3. The second kappa shape index (κ2) is 10.1. The molecule has 1 aromatic carbocycles. The van der Waals surface area contributed by atoms with Crippen LogP contribution in [-0.2, 0) is 11.3 Å². The molecule has 0 spiro atoms. The summed E-state index contributed by atoms with van der Waals surface area (Å²) in [4.78, 5) is 0. The first kappa shape index (κ1) is 18.3. The van der Waals surface area contributed by atoms with E-state index >= 15 is 0 Å². The maximum atomic E-state index is 12.3. The molecule has 6 heteroatoms. The van der Waals surface area contributed by atoms with Crippen LogP contribution in [0.3, 0.4) is 0 Å². The van der Waals surface area contributed by atoms with Crippen LogP contribution < -0.4 is 10.1 Å². The third-order valence-corrected chi connectivity index (χ3v) is 3.31. The zero-order valence-electron chi connectivity index (χ0n) is 12.4. The Morgan fingerprint density at radius 3 is 2.67 bits per heavy atom. The summed E-state index contributed by atoms with van der Waals surface area (Å²) in [5, 5.41) is 3.16. The molecule has 0 fully saturated rings. The van der Waals surface area contributed by atoms with Gasteiger partial charge in [0, 0.05) is 29.7 Å². The van der Waals surface area contributed by atoms with Crippen LogP contribution in [0.25, 0.3) is 0 Å². The highest BCUT2D eigenvalue weighted by Crippen LogP contribution is 2.24. The van der Waals surface area contributed by atoms with Gasteiger partial charge >= 0.3 is 6.61 Å². The van der Waals surface area contributed by atoms with Crippen LogP contribution >= 0.6 is 15.9 Å². The van der Waals surface area contributed by atoms with Gasteiger partial charge in [0.1, 0.15) is 5.75 Å². The number of hydrogen-bond donors (Lipinski definition) is 1. The van der Waals surface area contributed by atoms with Gasteiger partial charge in [-0.3, -0.25) is 0 Å². The van der Waals surface area contributed by atoms with Gasteiger partial charge in [0.05, 0.1) is 6.61 Å². The topological polar surface area (TPSA) is 30.5 Å². The smallest absolute Gasteiger partial charge is 0.387 e. The summed E-state index contributed by atoms with van der Waals surface area (Å²) in [6, 6.07) is 4.98. The molecule has 0 aliphatic rings. The van der Waals surface area contributed by atoms with Gasteiger partial charge in [-0.15, -0.1) is 0 Å². The van der Waals surface area contributed by atoms with E-state index in [1.54, 1.807) is 12.1 Å². The van der Waals surface area contributed by atoms with Crippen LogP contribution in [0, 0.1) is 5.92 Å². The van der Waals surface area contributed by atoms with Crippen LogP contribution in [0.2, 0.25) is 0 Å². The SMILES string of the molecule is CC(C)CCOCCNCc1cc(Br)ccc1OC(F)F. The lowest BCUT2D eigenvalue weighted by atomic mass is 10.1. The van der Waals surface area contributed by atoms with Crippen molar-refractivity contribution in [1.82, 2.24) is 5.32 Å². The minimum absolute atomic E-state index is 0.196. The van der Waals surface area contributed by atoms with Gasteiger partial charge in [0.25, 0.3) is 0 Å². The summed E-state index contributed by atoms with van der Waals surface area (Å²) in [5.74, 6) is 0.829. The van der Waals surface area contributed by atoms with Gasteiger partial charge in [0.15, 0.2) is 0 Å². The average Bonchev–Trinajstić information content (AvgIpc) is 2.39. The fourth-order valence-corrected chi connectivity index (χ4v) is 2.09. The van der Waals surface area contributed by atoms with Gasteiger partial charge in [-0.1, -0.05) is 29.8 Å². The summed E-state index contributed by atoms with van der Waals surface area (Å²) in [6.07, 6.45) is 1.04. The minimum Gasteiger partial charge on any atom is -0.434 e. The number of ether oxygens (including phenoxy) is 2. The highest BCUT2D eigenvalue weighted by molar-refractivity contribution is 9.10. The number of hydrogen-bond acceptors (Lipinski definition) is 3. The highest BCUT2D eigenvalue weighted by atomic mass is 79.9. The van der Waals surface area contributed by atoms with Crippen molar-refractivity contribution in [2.75, 3.05) is 19.8 Å². The van der Waals surface area contributed by atoms with Crippen LogP contribution in [-0.4, -0.2) is 26.4 Å². The van der Waals surface area contributed by atoms with Crippen LogP contribution in [0.15, 0.2) is 22.7 Å². The van der Waals surface area contributed by atoms with E-state index in [9.17, 15) is 8.78 Å². The third-order valence-electron chi connectivity index (χ3n) is 2.82. The lowest BCUT2D eigenvalue weighted by Gasteiger charge is -2.12. The molecule has 0 unspecified atom stereocenters. The first-order valence-electron chi connectivity index (χ1n) is 7.00. The zero-order valence-corrected chi connectivity index (χ0v) is 14.0. The summed E-state index contributed by atoms with van der Waals surface area (Å²) < 4.78 is 35.4. The molecular formula is C15H22BrF2NO2. The van der Waals surface area contributed by atoms with Crippen molar-refractivity contribution < 1.29 is 18.3 Å². The summed E-state index contributed by atoms with van der Waals surface area (Å²) in [7, 11) is 0. The van der Waals surface area contributed by atoms with Gasteiger partial charge in [-0.05, 0) is 30.5 Å². The van der Waals surface area contributed by atoms with Gasteiger partial charge in [-0.25, -0.2) is 0 Å². The Labute approximate surface area is 133 Å². The zero-order chi connectivity index (χ0) is 15.7. The Kier molecular flexibility index (Phi) is 8.80. The molecule has 0 radical (unpaired) electrons. The largest absolute Gasteiger partial charge is 0.434 e. The van der Waals surface area contributed by atoms with E-state index in [2.05, 4.69) is 39.8 Å². The number of halogens is 3. The fourth-order valence-electron chi connectivity index (χ4n) is 1.69. The lowest BCUT2D eigenvalue weighted by molar-refractivity contribution is -0.0505. The molecule has 21 heavy (non-hydrogen) atoms. The molecule has 0 saturated heterocycles. The predicted octanol–water partition coefficient (Wildman–Crippen LogP) is 4.20. The molecule has 120 valence electrons. The molecule has 1 rings (SSSR count). The quantitative estimate of drug-likeness (QED) is 0.630. The van der Waals surface area contributed by atoms with Gasteiger partial charge in [0.2, 0.25) is 0 Å². The molecule has 0 aliphatic carbocycles.